The standard InChI is InChI=1S/C16H6Cl3F7N2O3S/c17-8-4-6(32-16(25,26)14(20,21)15(22,23)24)5-9(18)12(8)27-13(29)7-2-1-3-10(11(7)19)28(30)31/h1-5H,(H,27,29). The number of amides is 1. The summed E-state index contributed by atoms with van der Waals surface area (Å²) in [6, 6.07) is 4.41. The minimum Gasteiger partial charge on any atom is -0.319 e. The monoisotopic (exact) mass is 544 g/mol. The van der Waals surface area contributed by atoms with E-state index in [1.54, 1.807) is 0 Å². The van der Waals surface area contributed by atoms with Crippen LogP contribution >= 0.6 is 46.6 Å². The third-order valence-corrected chi connectivity index (χ3v) is 5.62. The van der Waals surface area contributed by atoms with E-state index < -0.39 is 71.3 Å². The van der Waals surface area contributed by atoms with Gasteiger partial charge in [0.1, 0.15) is 5.02 Å². The first-order valence-electron chi connectivity index (χ1n) is 7.74. The lowest BCUT2D eigenvalue weighted by molar-refractivity contribution is -0.384. The molecule has 0 aromatic heterocycles. The number of carbonyl (C=O) groups excluding carboxylic acids is 1. The molecule has 5 nitrogen and oxygen atoms in total. The van der Waals surface area contributed by atoms with Gasteiger partial charge in [0.05, 0.1) is 26.2 Å². The van der Waals surface area contributed by atoms with E-state index in [-0.39, 0.29) is 5.56 Å². The van der Waals surface area contributed by atoms with Gasteiger partial charge in [-0.25, -0.2) is 0 Å². The van der Waals surface area contributed by atoms with E-state index in [0.717, 1.165) is 18.2 Å². The average molecular weight is 546 g/mol. The summed E-state index contributed by atoms with van der Waals surface area (Å²) in [6.45, 7) is 0. The molecule has 0 heterocycles. The lowest BCUT2D eigenvalue weighted by Crippen LogP contribution is -2.49. The van der Waals surface area contributed by atoms with Crippen LogP contribution in [0.25, 0.3) is 0 Å². The molecule has 32 heavy (non-hydrogen) atoms. The van der Waals surface area contributed by atoms with Gasteiger partial charge in [-0.15, -0.1) is 0 Å². The molecule has 0 atom stereocenters. The highest BCUT2D eigenvalue weighted by atomic mass is 35.5. The topological polar surface area (TPSA) is 72.2 Å². The van der Waals surface area contributed by atoms with Crippen LogP contribution < -0.4 is 5.32 Å². The second-order valence-corrected chi connectivity index (χ2v) is 8.18. The second-order valence-electron chi connectivity index (χ2n) is 5.80. The van der Waals surface area contributed by atoms with E-state index >= 15 is 0 Å². The maximum atomic E-state index is 13.6. The Labute approximate surface area is 193 Å². The maximum Gasteiger partial charge on any atom is 0.460 e. The lowest BCUT2D eigenvalue weighted by Gasteiger charge is -2.27. The summed E-state index contributed by atoms with van der Waals surface area (Å²) in [4.78, 5) is 21.6. The minimum absolute atomic E-state index is 0.386. The first-order valence-corrected chi connectivity index (χ1v) is 9.69. The molecule has 2 aromatic carbocycles. The van der Waals surface area contributed by atoms with Gasteiger partial charge in [-0.05, 0) is 30.0 Å². The van der Waals surface area contributed by atoms with Crippen LogP contribution in [-0.2, 0) is 0 Å². The van der Waals surface area contributed by atoms with Gasteiger partial charge in [-0.2, -0.15) is 30.7 Å². The molecule has 1 N–H and O–H groups in total. The third-order valence-electron chi connectivity index (χ3n) is 3.64. The summed E-state index contributed by atoms with van der Waals surface area (Å²) in [5.41, 5.74) is -1.42. The van der Waals surface area contributed by atoms with Gasteiger partial charge in [-0.1, -0.05) is 40.9 Å². The van der Waals surface area contributed by atoms with Crippen LogP contribution in [0, 0.1) is 10.1 Å². The van der Waals surface area contributed by atoms with Crippen molar-refractivity contribution in [1.29, 1.82) is 0 Å². The minimum atomic E-state index is -6.53. The van der Waals surface area contributed by atoms with Crippen molar-refractivity contribution in [3.8, 4) is 0 Å². The Kier molecular flexibility index (Phi) is 7.49. The molecule has 0 aliphatic rings. The van der Waals surface area contributed by atoms with E-state index in [9.17, 15) is 45.6 Å². The Morgan fingerprint density at radius 2 is 1.53 bits per heavy atom. The fourth-order valence-electron chi connectivity index (χ4n) is 2.12. The second kappa shape index (κ2) is 9.12. The average Bonchev–Trinajstić information content (AvgIpc) is 2.63. The van der Waals surface area contributed by atoms with Crippen molar-refractivity contribution in [3.63, 3.8) is 0 Å². The number of nitrogens with zero attached hydrogens (tertiary/aromatic N) is 1. The van der Waals surface area contributed by atoms with Crippen LogP contribution in [0.1, 0.15) is 10.4 Å². The molecule has 174 valence electrons. The van der Waals surface area contributed by atoms with Crippen LogP contribution in [0.2, 0.25) is 15.1 Å². The Hall–Kier alpha value is -1.96. The molecule has 0 saturated heterocycles. The summed E-state index contributed by atoms with van der Waals surface area (Å²) < 4.78 is 90.2. The molecule has 1 amide bonds. The molecule has 0 spiro atoms. The number of nitro benzene ring substituents is 1. The van der Waals surface area contributed by atoms with Crippen molar-refractivity contribution in [1.82, 2.24) is 0 Å². The van der Waals surface area contributed by atoms with Gasteiger partial charge in [0.15, 0.2) is 0 Å². The number of thioether (sulfide) groups is 1. The van der Waals surface area contributed by atoms with Crippen molar-refractivity contribution in [2.24, 2.45) is 0 Å². The van der Waals surface area contributed by atoms with Crippen LogP contribution in [-0.4, -0.2) is 28.2 Å². The van der Waals surface area contributed by atoms with E-state index in [4.69, 9.17) is 34.8 Å². The fraction of sp³-hybridized carbons (Fsp3) is 0.188. The number of anilines is 1. The number of rotatable bonds is 6. The lowest BCUT2D eigenvalue weighted by atomic mass is 10.2. The summed E-state index contributed by atoms with van der Waals surface area (Å²) in [6.07, 6.45) is -6.53. The molecule has 0 saturated carbocycles. The Balaban J connectivity index is 2.34. The number of halogens is 10. The SMILES string of the molecule is O=C(Nc1c(Cl)cc(SC(F)(F)C(F)(F)C(F)(F)F)cc1Cl)c1cccc([N+](=O)[O-])c1Cl. The zero-order valence-electron chi connectivity index (χ0n) is 14.7. The quantitative estimate of drug-likeness (QED) is 0.175. The highest BCUT2D eigenvalue weighted by Crippen LogP contribution is 2.54. The van der Waals surface area contributed by atoms with Gasteiger partial charge in [-0.3, -0.25) is 14.9 Å². The molecule has 0 aliphatic heterocycles. The van der Waals surface area contributed by atoms with Gasteiger partial charge >= 0.3 is 17.4 Å². The van der Waals surface area contributed by atoms with Gasteiger partial charge in [0.25, 0.3) is 11.6 Å². The van der Waals surface area contributed by atoms with E-state index in [1.165, 1.54) is 0 Å². The Morgan fingerprint density at radius 3 is 2.00 bits per heavy atom. The molecule has 0 unspecified atom stereocenters. The number of alkyl halides is 7. The predicted molar refractivity (Wildman–Crippen MR) is 104 cm³/mol. The van der Waals surface area contributed by atoms with Crippen molar-refractivity contribution in [2.75, 3.05) is 5.32 Å². The van der Waals surface area contributed by atoms with Crippen molar-refractivity contribution in [3.05, 3.63) is 61.1 Å². The number of benzene rings is 2. The van der Waals surface area contributed by atoms with Crippen LogP contribution in [0.3, 0.4) is 0 Å². The fourth-order valence-corrected chi connectivity index (χ4v) is 4.01. The smallest absolute Gasteiger partial charge is 0.319 e. The highest BCUT2D eigenvalue weighted by Gasteiger charge is 2.73. The van der Waals surface area contributed by atoms with Crippen molar-refractivity contribution < 1.29 is 40.5 Å². The largest absolute Gasteiger partial charge is 0.460 e. The predicted octanol–water partition coefficient (Wildman–Crippen LogP) is 7.69. The number of nitrogens with one attached hydrogen (secondary N) is 1. The van der Waals surface area contributed by atoms with Crippen LogP contribution in [0.15, 0.2) is 35.2 Å². The molecule has 0 radical (unpaired) electrons. The molecular weight excluding hydrogens is 540 g/mol. The van der Waals surface area contributed by atoms with Gasteiger partial charge in [0.2, 0.25) is 0 Å². The summed E-state index contributed by atoms with van der Waals surface area (Å²) in [5, 5.41) is 5.68. The maximum absolute atomic E-state index is 13.6. The summed E-state index contributed by atoms with van der Waals surface area (Å²) in [5.74, 6) is -7.42. The van der Waals surface area contributed by atoms with E-state index in [2.05, 4.69) is 5.32 Å². The van der Waals surface area contributed by atoms with E-state index in [1.807, 2.05) is 0 Å². The van der Waals surface area contributed by atoms with Gasteiger partial charge in [0, 0.05) is 11.0 Å². The summed E-state index contributed by atoms with van der Waals surface area (Å²) >= 11 is 16.3. The van der Waals surface area contributed by atoms with Crippen LogP contribution in [0.4, 0.5) is 42.1 Å². The number of hydrogen-bond acceptors (Lipinski definition) is 4. The first kappa shape index (κ1) is 26.3. The highest BCUT2D eigenvalue weighted by molar-refractivity contribution is 8.00. The number of hydrogen-bond donors (Lipinski definition) is 1. The molecule has 2 rings (SSSR count). The molecule has 0 bridgehead atoms. The van der Waals surface area contributed by atoms with Crippen LogP contribution in [0.5, 0.6) is 0 Å². The van der Waals surface area contributed by atoms with Gasteiger partial charge < -0.3 is 5.32 Å². The molecule has 16 heteroatoms. The molecule has 2 aromatic rings. The number of nitro groups is 1. The first-order chi connectivity index (χ1) is 14.5. The Morgan fingerprint density at radius 1 is 1.00 bits per heavy atom. The molecule has 0 fully saturated rings. The normalized spacial score (nSPS) is 12.6. The molecule has 0 aliphatic carbocycles. The molecular formula is C16H6Cl3F7N2O3S. The zero-order valence-corrected chi connectivity index (χ0v) is 17.8. The third kappa shape index (κ3) is 5.16. The summed E-state index contributed by atoms with van der Waals surface area (Å²) in [7, 11) is 0. The Bertz CT molecular complexity index is 1060. The zero-order chi connectivity index (χ0) is 24.6. The van der Waals surface area contributed by atoms with Crippen molar-refractivity contribution >= 4 is 63.8 Å². The van der Waals surface area contributed by atoms with Crippen molar-refractivity contribution in [2.45, 2.75) is 22.2 Å². The number of carbonyl (C=O) groups is 1. The van der Waals surface area contributed by atoms with E-state index in [0.29, 0.717) is 12.1 Å².